The third-order valence-electron chi connectivity index (χ3n) is 1.24. The number of rotatable bonds is 2. The minimum absolute atomic E-state index is 0.155. The van der Waals surface area contributed by atoms with Gasteiger partial charge in [0.05, 0.1) is 27.8 Å². The van der Waals surface area contributed by atoms with E-state index >= 15 is 0 Å². The number of pyridine rings is 1. The monoisotopic (exact) mass is 278 g/mol. The van der Waals surface area contributed by atoms with Crippen LogP contribution in [0.4, 0.5) is 5.69 Å². The average Bonchev–Trinajstić information content (AvgIpc) is 1.98. The number of nitrogens with zero attached hydrogens (tertiary/aromatic N) is 1. The zero-order valence-corrected chi connectivity index (χ0v) is 9.20. The van der Waals surface area contributed by atoms with Crippen LogP contribution < -0.4 is 10.5 Å². The van der Waals surface area contributed by atoms with Crippen LogP contribution in [0.15, 0.2) is 12.4 Å². The van der Waals surface area contributed by atoms with Crippen molar-refractivity contribution in [2.24, 2.45) is 0 Å². The molecule has 1 aromatic rings. The predicted octanol–water partition coefficient (Wildman–Crippen LogP) is 2.06. The lowest BCUT2D eigenvalue weighted by Gasteiger charge is -2.11. The molecule has 0 spiro atoms. The van der Waals surface area contributed by atoms with Crippen molar-refractivity contribution in [3.8, 4) is 5.75 Å². The van der Waals surface area contributed by atoms with Crippen LogP contribution in [-0.4, -0.2) is 11.1 Å². The van der Waals surface area contributed by atoms with E-state index < -0.39 is 0 Å². The van der Waals surface area contributed by atoms with Gasteiger partial charge in [0.1, 0.15) is 0 Å². The number of anilines is 1. The first-order valence-corrected chi connectivity index (χ1v) is 4.74. The van der Waals surface area contributed by atoms with E-state index in [0.717, 1.165) is 9.32 Å². The van der Waals surface area contributed by atoms with E-state index in [0.29, 0.717) is 5.69 Å². The van der Waals surface area contributed by atoms with Gasteiger partial charge in [-0.05, 0) is 36.4 Å². The van der Waals surface area contributed by atoms with Crippen molar-refractivity contribution in [3.05, 3.63) is 16.0 Å². The molecule has 0 aliphatic heterocycles. The van der Waals surface area contributed by atoms with E-state index in [1.807, 2.05) is 13.8 Å². The summed E-state index contributed by atoms with van der Waals surface area (Å²) in [6.07, 6.45) is 3.45. The molecule has 1 aromatic heterocycles. The third kappa shape index (κ3) is 2.23. The quantitative estimate of drug-likeness (QED) is 0.842. The Labute approximate surface area is 85.5 Å². The molecule has 0 aliphatic rings. The van der Waals surface area contributed by atoms with Gasteiger partial charge in [-0.1, -0.05) is 0 Å². The van der Waals surface area contributed by atoms with Gasteiger partial charge in [-0.25, -0.2) is 0 Å². The Morgan fingerprint density at radius 2 is 2.17 bits per heavy atom. The fraction of sp³-hybridized carbons (Fsp3) is 0.375. The van der Waals surface area contributed by atoms with E-state index in [1.165, 1.54) is 0 Å². The fourth-order valence-corrected chi connectivity index (χ4v) is 1.18. The maximum absolute atomic E-state index is 5.65. The molecular formula is C8H11IN2O. The Morgan fingerprint density at radius 3 is 2.75 bits per heavy atom. The highest BCUT2D eigenvalue weighted by Crippen LogP contribution is 2.25. The summed E-state index contributed by atoms with van der Waals surface area (Å²) in [6.45, 7) is 3.94. The van der Waals surface area contributed by atoms with Gasteiger partial charge >= 0.3 is 0 Å². The van der Waals surface area contributed by atoms with Crippen LogP contribution in [0.25, 0.3) is 0 Å². The SMILES string of the molecule is CC(C)Oc1cncc(N)c1I. The second-order valence-corrected chi connectivity index (χ2v) is 3.79. The number of nitrogens with two attached hydrogens (primary N) is 1. The lowest BCUT2D eigenvalue weighted by atomic mass is 10.4. The van der Waals surface area contributed by atoms with Crippen LogP contribution in [0, 0.1) is 3.57 Å². The van der Waals surface area contributed by atoms with E-state index in [4.69, 9.17) is 10.5 Å². The van der Waals surface area contributed by atoms with Gasteiger partial charge < -0.3 is 10.5 Å². The van der Waals surface area contributed by atoms with E-state index in [-0.39, 0.29) is 6.10 Å². The van der Waals surface area contributed by atoms with E-state index in [2.05, 4.69) is 27.6 Å². The molecule has 4 heteroatoms. The summed E-state index contributed by atoms with van der Waals surface area (Å²) in [5, 5.41) is 0. The molecule has 0 atom stereocenters. The lowest BCUT2D eigenvalue weighted by molar-refractivity contribution is 0.240. The largest absolute Gasteiger partial charge is 0.488 e. The van der Waals surface area contributed by atoms with Gasteiger partial charge in [0.25, 0.3) is 0 Å². The summed E-state index contributed by atoms with van der Waals surface area (Å²) in [5.41, 5.74) is 6.31. The first kappa shape index (κ1) is 9.57. The average molecular weight is 278 g/mol. The van der Waals surface area contributed by atoms with Crippen molar-refractivity contribution in [2.75, 3.05) is 5.73 Å². The fourth-order valence-electron chi connectivity index (χ4n) is 0.777. The highest BCUT2D eigenvalue weighted by molar-refractivity contribution is 14.1. The molecule has 0 amide bonds. The molecule has 0 unspecified atom stereocenters. The van der Waals surface area contributed by atoms with Gasteiger partial charge in [-0.15, -0.1) is 0 Å². The van der Waals surface area contributed by atoms with Crippen molar-refractivity contribution in [1.82, 2.24) is 4.98 Å². The molecule has 2 N–H and O–H groups in total. The van der Waals surface area contributed by atoms with Crippen molar-refractivity contribution in [3.63, 3.8) is 0 Å². The Hall–Kier alpha value is -0.520. The highest BCUT2D eigenvalue weighted by atomic mass is 127. The first-order valence-electron chi connectivity index (χ1n) is 3.67. The molecule has 0 aromatic carbocycles. The summed E-state index contributed by atoms with van der Waals surface area (Å²) in [6, 6.07) is 0. The number of ether oxygens (including phenoxy) is 1. The Kier molecular flexibility index (Phi) is 3.13. The maximum atomic E-state index is 5.65. The smallest absolute Gasteiger partial charge is 0.153 e. The number of aromatic nitrogens is 1. The van der Waals surface area contributed by atoms with Crippen molar-refractivity contribution in [2.45, 2.75) is 20.0 Å². The molecule has 0 radical (unpaired) electrons. The third-order valence-corrected chi connectivity index (χ3v) is 2.39. The standard InChI is InChI=1S/C8H11IN2O/c1-5(2)12-7-4-11-3-6(10)8(7)9/h3-5H,10H2,1-2H3. The zero-order valence-electron chi connectivity index (χ0n) is 7.04. The minimum Gasteiger partial charge on any atom is -0.488 e. The molecular weight excluding hydrogens is 267 g/mol. The molecule has 12 heavy (non-hydrogen) atoms. The number of hydrogen-bond donors (Lipinski definition) is 1. The van der Waals surface area contributed by atoms with Crippen LogP contribution in [-0.2, 0) is 0 Å². The molecule has 66 valence electrons. The predicted molar refractivity (Wildman–Crippen MR) is 57.1 cm³/mol. The second kappa shape index (κ2) is 3.93. The number of halogens is 1. The summed E-state index contributed by atoms with van der Waals surface area (Å²) in [4.78, 5) is 3.94. The highest BCUT2D eigenvalue weighted by Gasteiger charge is 2.05. The molecule has 0 saturated heterocycles. The summed E-state index contributed by atoms with van der Waals surface area (Å²) in [5.74, 6) is 0.755. The van der Waals surface area contributed by atoms with Gasteiger partial charge in [0, 0.05) is 0 Å². The van der Waals surface area contributed by atoms with Crippen molar-refractivity contribution >= 4 is 28.3 Å². The van der Waals surface area contributed by atoms with Crippen LogP contribution in [0.5, 0.6) is 5.75 Å². The first-order chi connectivity index (χ1) is 5.61. The Morgan fingerprint density at radius 1 is 1.50 bits per heavy atom. The van der Waals surface area contributed by atoms with Gasteiger partial charge in [0.15, 0.2) is 5.75 Å². The van der Waals surface area contributed by atoms with Crippen LogP contribution in [0.1, 0.15) is 13.8 Å². The van der Waals surface area contributed by atoms with Crippen molar-refractivity contribution < 1.29 is 4.74 Å². The second-order valence-electron chi connectivity index (χ2n) is 2.71. The Balaban J connectivity index is 2.92. The minimum atomic E-state index is 0.155. The van der Waals surface area contributed by atoms with E-state index in [1.54, 1.807) is 12.4 Å². The summed E-state index contributed by atoms with van der Waals surface area (Å²) < 4.78 is 6.40. The number of hydrogen-bond acceptors (Lipinski definition) is 3. The Bertz CT molecular complexity index is 276. The summed E-state index contributed by atoms with van der Waals surface area (Å²) in [7, 11) is 0. The molecule has 3 nitrogen and oxygen atoms in total. The zero-order chi connectivity index (χ0) is 9.14. The van der Waals surface area contributed by atoms with Crippen molar-refractivity contribution in [1.29, 1.82) is 0 Å². The van der Waals surface area contributed by atoms with Crippen LogP contribution >= 0.6 is 22.6 Å². The molecule has 0 bridgehead atoms. The molecule has 1 heterocycles. The summed E-state index contributed by atoms with van der Waals surface area (Å²) >= 11 is 2.15. The molecule has 0 aliphatic carbocycles. The van der Waals surface area contributed by atoms with Gasteiger partial charge in [0.2, 0.25) is 0 Å². The normalized spacial score (nSPS) is 10.3. The lowest BCUT2D eigenvalue weighted by Crippen LogP contribution is -2.07. The number of nitrogen functional groups attached to an aromatic ring is 1. The van der Waals surface area contributed by atoms with Gasteiger partial charge in [-0.2, -0.15) is 0 Å². The van der Waals surface area contributed by atoms with Crippen LogP contribution in [0.2, 0.25) is 0 Å². The van der Waals surface area contributed by atoms with Gasteiger partial charge in [-0.3, -0.25) is 4.98 Å². The van der Waals surface area contributed by atoms with Crippen LogP contribution in [0.3, 0.4) is 0 Å². The molecule has 1 rings (SSSR count). The molecule has 0 saturated carbocycles. The maximum Gasteiger partial charge on any atom is 0.153 e. The van der Waals surface area contributed by atoms with E-state index in [9.17, 15) is 0 Å². The topological polar surface area (TPSA) is 48.1 Å². The molecule has 0 fully saturated rings.